The molecule has 0 radical (unpaired) electrons. The Morgan fingerprint density at radius 3 is 2.17 bits per heavy atom. The summed E-state index contributed by atoms with van der Waals surface area (Å²) in [6.07, 6.45) is 1.19. The second-order valence-electron chi connectivity index (χ2n) is 4.48. The topological polar surface area (TPSA) is 98.3 Å². The predicted molar refractivity (Wildman–Crippen MR) is 94.6 cm³/mol. The van der Waals surface area contributed by atoms with Gasteiger partial charge < -0.3 is 5.32 Å². The van der Waals surface area contributed by atoms with Crippen LogP contribution in [0.3, 0.4) is 0 Å². The molecule has 0 amide bonds. The minimum atomic E-state index is -0.804. The molecule has 1 N–H and O–H groups in total. The third-order valence-electron chi connectivity index (χ3n) is 3.05. The fraction of sp³-hybridized carbons (Fsp3) is 0. The number of benzene rings is 2. The number of rotatable bonds is 5. The normalized spacial score (nSPS) is 10.3. The molecule has 0 aliphatic heterocycles. The number of nitro groups is 2. The monoisotopic (exact) mass is 387 g/mol. The average molecular weight is 389 g/mol. The van der Waals surface area contributed by atoms with Gasteiger partial charge in [-0.1, -0.05) is 47.5 Å². The van der Waals surface area contributed by atoms with Crippen LogP contribution in [-0.4, -0.2) is 9.85 Å². The molecule has 0 bridgehead atoms. The Hall–Kier alpha value is -2.35. The highest BCUT2D eigenvalue weighted by atomic mass is 35.5. The Kier molecular flexibility index (Phi) is 5.28. The van der Waals surface area contributed by atoms with E-state index >= 15 is 0 Å². The van der Waals surface area contributed by atoms with Crippen LogP contribution in [0.4, 0.5) is 22.7 Å². The van der Waals surface area contributed by atoms with Crippen LogP contribution in [0, 0.1) is 20.2 Å². The Bertz CT molecular complexity index is 871. The molecule has 0 unspecified atom stereocenters. The van der Waals surface area contributed by atoms with Gasteiger partial charge in [0.05, 0.1) is 26.6 Å². The van der Waals surface area contributed by atoms with Crippen molar-refractivity contribution in [1.29, 1.82) is 0 Å². The summed E-state index contributed by atoms with van der Waals surface area (Å²) in [6.45, 7) is 3.51. The van der Waals surface area contributed by atoms with Crippen molar-refractivity contribution in [2.75, 3.05) is 5.32 Å². The van der Waals surface area contributed by atoms with E-state index in [0.29, 0.717) is 10.7 Å². The van der Waals surface area contributed by atoms with Crippen molar-refractivity contribution in [3.8, 4) is 0 Å². The number of nitrogens with zero attached hydrogens (tertiary/aromatic N) is 2. The van der Waals surface area contributed by atoms with E-state index in [4.69, 9.17) is 34.8 Å². The van der Waals surface area contributed by atoms with E-state index in [1.807, 2.05) is 0 Å². The molecule has 0 spiro atoms. The molecule has 0 saturated carbocycles. The van der Waals surface area contributed by atoms with Gasteiger partial charge in [0.25, 0.3) is 11.4 Å². The van der Waals surface area contributed by atoms with Crippen LogP contribution >= 0.6 is 34.8 Å². The second kappa shape index (κ2) is 7.04. The molecule has 124 valence electrons. The van der Waals surface area contributed by atoms with E-state index in [0.717, 1.165) is 6.07 Å². The van der Waals surface area contributed by atoms with Gasteiger partial charge in [-0.2, -0.15) is 0 Å². The molecule has 0 aliphatic carbocycles. The zero-order chi connectivity index (χ0) is 18.0. The Morgan fingerprint density at radius 2 is 1.67 bits per heavy atom. The van der Waals surface area contributed by atoms with Crippen molar-refractivity contribution in [2.45, 2.75) is 0 Å². The SMILES string of the molecule is C=Cc1c(Cl)c([N+](=O)[O-])cc([N+](=O)[O-])c1Nc1ccc(Cl)cc1Cl. The number of nitro benzene ring substituents is 2. The van der Waals surface area contributed by atoms with Gasteiger partial charge in [-0.05, 0) is 18.2 Å². The highest BCUT2D eigenvalue weighted by Crippen LogP contribution is 2.43. The summed E-state index contributed by atoms with van der Waals surface area (Å²) in [5.74, 6) is 0. The summed E-state index contributed by atoms with van der Waals surface area (Å²) in [4.78, 5) is 20.8. The second-order valence-corrected chi connectivity index (χ2v) is 5.71. The van der Waals surface area contributed by atoms with Crippen molar-refractivity contribution in [3.05, 3.63) is 71.7 Å². The molecule has 0 aliphatic rings. The minimum Gasteiger partial charge on any atom is -0.348 e. The van der Waals surface area contributed by atoms with E-state index in [2.05, 4.69) is 11.9 Å². The Labute approximate surface area is 150 Å². The van der Waals surface area contributed by atoms with Crippen LogP contribution in [0.1, 0.15) is 5.56 Å². The van der Waals surface area contributed by atoms with Gasteiger partial charge in [-0.3, -0.25) is 20.2 Å². The Balaban J connectivity index is 2.71. The van der Waals surface area contributed by atoms with E-state index in [-0.39, 0.29) is 21.3 Å². The number of anilines is 2. The quantitative estimate of drug-likeness (QED) is 0.511. The van der Waals surface area contributed by atoms with Gasteiger partial charge in [-0.15, -0.1) is 0 Å². The summed E-state index contributed by atoms with van der Waals surface area (Å²) in [5, 5.41) is 25.4. The highest BCUT2D eigenvalue weighted by molar-refractivity contribution is 6.37. The number of hydrogen-bond donors (Lipinski definition) is 1. The fourth-order valence-corrected chi connectivity index (χ4v) is 2.73. The average Bonchev–Trinajstić information content (AvgIpc) is 2.49. The van der Waals surface area contributed by atoms with Gasteiger partial charge in [0, 0.05) is 10.6 Å². The lowest BCUT2D eigenvalue weighted by atomic mass is 10.1. The first-order valence-corrected chi connectivity index (χ1v) is 7.39. The van der Waals surface area contributed by atoms with Crippen LogP contribution in [0.5, 0.6) is 0 Å². The number of nitrogens with one attached hydrogen (secondary N) is 1. The largest absolute Gasteiger partial charge is 0.348 e. The summed E-state index contributed by atoms with van der Waals surface area (Å²) in [7, 11) is 0. The summed E-state index contributed by atoms with van der Waals surface area (Å²) in [6, 6.07) is 5.26. The van der Waals surface area contributed by atoms with Gasteiger partial charge in [0.1, 0.15) is 10.7 Å². The first-order valence-electron chi connectivity index (χ1n) is 6.26. The lowest BCUT2D eigenvalue weighted by Crippen LogP contribution is -2.03. The number of halogens is 3. The summed E-state index contributed by atoms with van der Waals surface area (Å²) >= 11 is 17.8. The first-order chi connectivity index (χ1) is 11.3. The maximum absolute atomic E-state index is 11.3. The molecular weight excluding hydrogens is 381 g/mol. The zero-order valence-electron chi connectivity index (χ0n) is 11.8. The lowest BCUT2D eigenvalue weighted by molar-refractivity contribution is -0.393. The molecule has 0 aromatic heterocycles. The molecule has 10 heteroatoms. The smallest absolute Gasteiger partial charge is 0.300 e. The summed E-state index contributed by atoms with van der Waals surface area (Å²) in [5.41, 5.74) is -0.853. The lowest BCUT2D eigenvalue weighted by Gasteiger charge is -2.13. The third-order valence-corrected chi connectivity index (χ3v) is 3.99. The van der Waals surface area contributed by atoms with Crippen LogP contribution < -0.4 is 5.32 Å². The van der Waals surface area contributed by atoms with Crippen molar-refractivity contribution in [1.82, 2.24) is 0 Å². The highest BCUT2D eigenvalue weighted by Gasteiger charge is 2.28. The standard InChI is InChI=1S/C14H8Cl3N3O4/c1-2-8-13(17)11(19(21)22)6-12(20(23)24)14(8)18-10-4-3-7(15)5-9(10)16/h2-6,18H,1H2. The maximum atomic E-state index is 11.3. The van der Waals surface area contributed by atoms with Crippen molar-refractivity contribution in [3.63, 3.8) is 0 Å². The zero-order valence-corrected chi connectivity index (χ0v) is 14.0. The van der Waals surface area contributed by atoms with E-state index in [1.165, 1.54) is 24.3 Å². The molecule has 0 saturated heterocycles. The molecule has 0 heterocycles. The van der Waals surface area contributed by atoms with Gasteiger partial charge in [-0.25, -0.2) is 0 Å². The fourth-order valence-electron chi connectivity index (χ4n) is 1.98. The van der Waals surface area contributed by atoms with Gasteiger partial charge in [0.15, 0.2) is 0 Å². The molecule has 2 aromatic carbocycles. The molecular formula is C14H8Cl3N3O4. The predicted octanol–water partition coefficient (Wildman–Crippen LogP) is 5.85. The molecule has 0 fully saturated rings. The van der Waals surface area contributed by atoms with Crippen LogP contribution in [-0.2, 0) is 0 Å². The van der Waals surface area contributed by atoms with Crippen LogP contribution in [0.2, 0.25) is 15.1 Å². The molecule has 0 atom stereocenters. The first kappa shape index (κ1) is 18.0. The molecule has 2 rings (SSSR count). The molecule has 7 nitrogen and oxygen atoms in total. The van der Waals surface area contributed by atoms with Crippen molar-refractivity contribution >= 4 is 63.6 Å². The van der Waals surface area contributed by atoms with E-state index in [9.17, 15) is 20.2 Å². The Morgan fingerprint density at radius 1 is 1.04 bits per heavy atom. The van der Waals surface area contributed by atoms with E-state index in [1.54, 1.807) is 0 Å². The van der Waals surface area contributed by atoms with Crippen molar-refractivity contribution < 1.29 is 9.85 Å². The van der Waals surface area contributed by atoms with Crippen molar-refractivity contribution in [2.24, 2.45) is 0 Å². The van der Waals surface area contributed by atoms with Crippen LogP contribution in [0.15, 0.2) is 30.8 Å². The van der Waals surface area contributed by atoms with Gasteiger partial charge >= 0.3 is 0 Å². The summed E-state index contributed by atoms with van der Waals surface area (Å²) < 4.78 is 0. The maximum Gasteiger partial charge on any atom is 0.300 e. The van der Waals surface area contributed by atoms with Gasteiger partial charge in [0.2, 0.25) is 0 Å². The third kappa shape index (κ3) is 3.43. The van der Waals surface area contributed by atoms with Crippen LogP contribution in [0.25, 0.3) is 6.08 Å². The number of hydrogen-bond acceptors (Lipinski definition) is 5. The van der Waals surface area contributed by atoms with E-state index < -0.39 is 21.2 Å². The molecule has 2 aromatic rings. The molecule has 24 heavy (non-hydrogen) atoms. The minimum absolute atomic E-state index is 0.0172.